The first-order valence-electron chi connectivity index (χ1n) is 10.2. The molecule has 4 aromatic rings. The summed E-state index contributed by atoms with van der Waals surface area (Å²) in [6.07, 6.45) is 3.64. The summed E-state index contributed by atoms with van der Waals surface area (Å²) in [4.78, 5) is 32.4. The van der Waals surface area contributed by atoms with Gasteiger partial charge in [-0.3, -0.25) is 14.2 Å². The molecule has 2 N–H and O–H groups in total. The predicted octanol–water partition coefficient (Wildman–Crippen LogP) is 4.57. The third-order valence-corrected chi connectivity index (χ3v) is 6.46. The van der Waals surface area contributed by atoms with Crippen molar-refractivity contribution in [1.82, 2.24) is 19.9 Å². The molecular formula is C23H23N5O3S2. The van der Waals surface area contributed by atoms with Crippen molar-refractivity contribution in [3.05, 3.63) is 65.0 Å². The molecule has 10 heteroatoms. The highest BCUT2D eigenvalue weighted by atomic mass is 32.2. The maximum absolute atomic E-state index is 12.5. The number of anilines is 1. The summed E-state index contributed by atoms with van der Waals surface area (Å²) < 4.78 is 7.71. The molecule has 0 aliphatic rings. The highest BCUT2D eigenvalue weighted by Crippen LogP contribution is 2.27. The Kier molecular flexibility index (Phi) is 6.95. The van der Waals surface area contributed by atoms with Crippen LogP contribution in [0.3, 0.4) is 0 Å². The molecule has 3 heterocycles. The number of carbonyl (C=O) groups is 2. The van der Waals surface area contributed by atoms with Crippen LogP contribution in [-0.4, -0.2) is 32.1 Å². The lowest BCUT2D eigenvalue weighted by Gasteiger charge is -2.11. The van der Waals surface area contributed by atoms with Crippen LogP contribution < -0.4 is 10.6 Å². The summed E-state index contributed by atoms with van der Waals surface area (Å²) in [6, 6.07) is 9.84. The van der Waals surface area contributed by atoms with E-state index >= 15 is 0 Å². The van der Waals surface area contributed by atoms with E-state index in [2.05, 4.69) is 52.6 Å². The number of thiazole rings is 1. The Morgan fingerprint density at radius 1 is 1.21 bits per heavy atom. The number of imidazole rings is 1. The van der Waals surface area contributed by atoms with Gasteiger partial charge >= 0.3 is 0 Å². The van der Waals surface area contributed by atoms with Gasteiger partial charge in [0.25, 0.3) is 0 Å². The third-order valence-electron chi connectivity index (χ3n) is 4.74. The second kappa shape index (κ2) is 10.1. The van der Waals surface area contributed by atoms with Gasteiger partial charge in [0.1, 0.15) is 11.5 Å². The Labute approximate surface area is 199 Å². The molecule has 0 radical (unpaired) electrons. The maximum atomic E-state index is 12.5. The standard InChI is InChI=1S/C23H23N5O3S2/c1-14-4-5-15(2)19(10-14)28-9-8-24-23(28)33-13-21(30)27-22-26-18(12-32-22)20-7-6-17(31-20)11-25-16(3)29/h4-10,12H,11,13H2,1-3H3,(H,25,29)(H,26,27,30). The van der Waals surface area contributed by atoms with Crippen molar-refractivity contribution < 1.29 is 14.0 Å². The van der Waals surface area contributed by atoms with Gasteiger partial charge in [-0.1, -0.05) is 23.9 Å². The van der Waals surface area contributed by atoms with Crippen LogP contribution in [0.15, 0.2) is 57.7 Å². The zero-order valence-electron chi connectivity index (χ0n) is 18.4. The average molecular weight is 482 g/mol. The molecular weight excluding hydrogens is 458 g/mol. The van der Waals surface area contributed by atoms with Crippen LogP contribution in [-0.2, 0) is 16.1 Å². The number of nitrogens with zero attached hydrogens (tertiary/aromatic N) is 3. The first kappa shape index (κ1) is 22.8. The minimum absolute atomic E-state index is 0.124. The van der Waals surface area contributed by atoms with E-state index in [0.717, 1.165) is 22.0 Å². The monoisotopic (exact) mass is 481 g/mol. The summed E-state index contributed by atoms with van der Waals surface area (Å²) in [5, 5.41) is 8.58. The molecule has 33 heavy (non-hydrogen) atoms. The van der Waals surface area contributed by atoms with Crippen molar-refractivity contribution in [3.8, 4) is 17.1 Å². The number of aromatic nitrogens is 3. The molecule has 0 aliphatic carbocycles. The number of aryl methyl sites for hydroxylation is 2. The molecule has 8 nitrogen and oxygen atoms in total. The molecule has 0 spiro atoms. The number of hydrogen-bond donors (Lipinski definition) is 2. The molecule has 0 saturated carbocycles. The van der Waals surface area contributed by atoms with E-state index in [4.69, 9.17) is 4.42 Å². The molecule has 0 saturated heterocycles. The number of carbonyl (C=O) groups excluding carboxylic acids is 2. The Morgan fingerprint density at radius 2 is 2.06 bits per heavy atom. The van der Waals surface area contributed by atoms with Crippen molar-refractivity contribution in [2.45, 2.75) is 32.5 Å². The third kappa shape index (κ3) is 5.71. The Morgan fingerprint density at radius 3 is 2.88 bits per heavy atom. The quantitative estimate of drug-likeness (QED) is 0.357. The fourth-order valence-electron chi connectivity index (χ4n) is 3.11. The van der Waals surface area contributed by atoms with Crippen LogP contribution in [0.2, 0.25) is 0 Å². The minimum atomic E-state index is -0.165. The van der Waals surface area contributed by atoms with Crippen LogP contribution in [0.25, 0.3) is 17.1 Å². The smallest absolute Gasteiger partial charge is 0.236 e. The van der Waals surface area contributed by atoms with Gasteiger partial charge in [-0.25, -0.2) is 9.97 Å². The average Bonchev–Trinajstić information content (AvgIpc) is 3.53. The zero-order chi connectivity index (χ0) is 23.4. The Bertz CT molecular complexity index is 1290. The van der Waals surface area contributed by atoms with Gasteiger partial charge in [-0.2, -0.15) is 0 Å². The molecule has 1 aromatic carbocycles. The van der Waals surface area contributed by atoms with Crippen LogP contribution in [0.5, 0.6) is 0 Å². The molecule has 0 unspecified atom stereocenters. The summed E-state index contributed by atoms with van der Waals surface area (Å²) in [6.45, 7) is 5.87. The summed E-state index contributed by atoms with van der Waals surface area (Å²) in [5.74, 6) is 1.13. The van der Waals surface area contributed by atoms with Gasteiger partial charge in [0.15, 0.2) is 16.0 Å². The van der Waals surface area contributed by atoms with Crippen molar-refractivity contribution in [1.29, 1.82) is 0 Å². The van der Waals surface area contributed by atoms with Gasteiger partial charge in [0.2, 0.25) is 11.8 Å². The number of benzene rings is 1. The van der Waals surface area contributed by atoms with Crippen LogP contribution in [0, 0.1) is 13.8 Å². The topological polar surface area (TPSA) is 102 Å². The second-order valence-electron chi connectivity index (χ2n) is 7.42. The SMILES string of the molecule is CC(=O)NCc1ccc(-c2csc(NC(=O)CSc3nccn3-c3cc(C)ccc3C)n2)o1. The van der Waals surface area contributed by atoms with E-state index in [-0.39, 0.29) is 17.6 Å². The lowest BCUT2D eigenvalue weighted by Crippen LogP contribution is -2.18. The number of rotatable bonds is 8. The largest absolute Gasteiger partial charge is 0.458 e. The van der Waals surface area contributed by atoms with E-state index in [1.165, 1.54) is 30.0 Å². The van der Waals surface area contributed by atoms with Gasteiger partial charge in [0.05, 0.1) is 18.0 Å². The van der Waals surface area contributed by atoms with Crippen molar-refractivity contribution in [2.24, 2.45) is 0 Å². The van der Waals surface area contributed by atoms with Gasteiger partial charge in [-0.05, 0) is 43.2 Å². The fourth-order valence-corrected chi connectivity index (χ4v) is 4.59. The lowest BCUT2D eigenvalue weighted by molar-refractivity contribution is -0.119. The van der Waals surface area contributed by atoms with Crippen LogP contribution in [0.1, 0.15) is 23.8 Å². The molecule has 3 aromatic heterocycles. The second-order valence-corrected chi connectivity index (χ2v) is 9.22. The van der Waals surface area contributed by atoms with Crippen molar-refractivity contribution >= 4 is 40.0 Å². The molecule has 170 valence electrons. The Hall–Kier alpha value is -3.37. The van der Waals surface area contributed by atoms with Gasteiger partial charge < -0.3 is 15.1 Å². The van der Waals surface area contributed by atoms with E-state index < -0.39 is 0 Å². The summed E-state index contributed by atoms with van der Waals surface area (Å²) in [7, 11) is 0. The normalized spacial score (nSPS) is 10.9. The number of thioether (sulfide) groups is 1. The number of hydrogen-bond acceptors (Lipinski definition) is 7. The van der Waals surface area contributed by atoms with Crippen molar-refractivity contribution in [2.75, 3.05) is 11.1 Å². The molecule has 2 amide bonds. The van der Waals surface area contributed by atoms with E-state index in [9.17, 15) is 9.59 Å². The van der Waals surface area contributed by atoms with Crippen LogP contribution in [0.4, 0.5) is 5.13 Å². The van der Waals surface area contributed by atoms with Gasteiger partial charge in [-0.15, -0.1) is 11.3 Å². The molecule has 0 atom stereocenters. The van der Waals surface area contributed by atoms with E-state index in [1.54, 1.807) is 18.3 Å². The molecule has 4 rings (SSSR count). The lowest BCUT2D eigenvalue weighted by atomic mass is 10.1. The van der Waals surface area contributed by atoms with E-state index in [1.807, 2.05) is 16.1 Å². The summed E-state index contributed by atoms with van der Waals surface area (Å²) in [5.41, 5.74) is 3.98. The Balaban J connectivity index is 1.36. The number of nitrogens with one attached hydrogen (secondary N) is 2. The van der Waals surface area contributed by atoms with Gasteiger partial charge in [0, 0.05) is 24.7 Å². The first-order valence-corrected chi connectivity index (χ1v) is 12.1. The first-order chi connectivity index (χ1) is 15.9. The highest BCUT2D eigenvalue weighted by Gasteiger charge is 2.14. The molecule has 0 bridgehead atoms. The zero-order valence-corrected chi connectivity index (χ0v) is 20.0. The van der Waals surface area contributed by atoms with E-state index in [0.29, 0.717) is 28.9 Å². The maximum Gasteiger partial charge on any atom is 0.236 e. The summed E-state index contributed by atoms with van der Waals surface area (Å²) >= 11 is 2.69. The predicted molar refractivity (Wildman–Crippen MR) is 130 cm³/mol. The highest BCUT2D eigenvalue weighted by molar-refractivity contribution is 7.99. The fraction of sp³-hybridized carbons (Fsp3) is 0.217. The number of furan rings is 1. The van der Waals surface area contributed by atoms with Crippen molar-refractivity contribution in [3.63, 3.8) is 0 Å². The number of amides is 2. The molecule has 0 aliphatic heterocycles. The molecule has 0 fully saturated rings. The minimum Gasteiger partial charge on any atom is -0.458 e. The van der Waals surface area contributed by atoms with Crippen LogP contribution >= 0.6 is 23.1 Å².